The van der Waals surface area contributed by atoms with Crippen LogP contribution in [-0.4, -0.2) is 17.0 Å². The molecule has 2 aromatic rings. The maximum Gasteiger partial charge on any atom is 0.305 e. The molecule has 2 atom stereocenters. The number of hydrogen-bond acceptors (Lipinski definition) is 2. The summed E-state index contributed by atoms with van der Waals surface area (Å²) >= 11 is 5.68. The van der Waals surface area contributed by atoms with E-state index in [1.165, 1.54) is 18.2 Å². The van der Waals surface area contributed by atoms with Gasteiger partial charge in [-0.15, -0.1) is 0 Å². The Morgan fingerprint density at radius 1 is 1.28 bits per heavy atom. The highest BCUT2D eigenvalue weighted by atomic mass is 35.5. The van der Waals surface area contributed by atoms with Crippen LogP contribution in [-0.2, 0) is 16.0 Å². The number of amides is 1. The number of aliphatic carboxylic acids is 1. The van der Waals surface area contributed by atoms with Crippen LogP contribution in [0, 0.1) is 5.82 Å². The van der Waals surface area contributed by atoms with Crippen molar-refractivity contribution in [3.63, 3.8) is 0 Å². The molecule has 0 aliphatic heterocycles. The molecule has 1 aliphatic carbocycles. The lowest BCUT2D eigenvalue weighted by Gasteiger charge is -2.20. The molecule has 0 heterocycles. The zero-order valence-corrected chi connectivity index (χ0v) is 14.1. The molecule has 1 amide bonds. The Labute approximate surface area is 149 Å². The van der Waals surface area contributed by atoms with Crippen LogP contribution in [0.3, 0.4) is 0 Å². The van der Waals surface area contributed by atoms with Gasteiger partial charge in [-0.3, -0.25) is 9.59 Å². The van der Waals surface area contributed by atoms with E-state index in [0.29, 0.717) is 12.0 Å². The van der Waals surface area contributed by atoms with Gasteiger partial charge >= 0.3 is 5.97 Å². The van der Waals surface area contributed by atoms with Gasteiger partial charge in [0, 0.05) is 0 Å². The van der Waals surface area contributed by atoms with E-state index >= 15 is 0 Å². The van der Waals surface area contributed by atoms with Gasteiger partial charge in [-0.2, -0.15) is 0 Å². The average Bonchev–Trinajstić information content (AvgIpc) is 3.00. The Bertz CT molecular complexity index is 824. The molecule has 4 nitrogen and oxygen atoms in total. The number of fused-ring (bicyclic) bond motifs is 1. The van der Waals surface area contributed by atoms with Crippen molar-refractivity contribution in [2.24, 2.45) is 0 Å². The lowest BCUT2D eigenvalue weighted by molar-refractivity contribution is -0.137. The van der Waals surface area contributed by atoms with E-state index in [1.54, 1.807) is 0 Å². The standard InChI is InChI=1S/C19H17ClFNO3/c20-15-8-6-12(9-16(15)21)17(10-18(23)24)22-19(25)14-7-5-11-3-1-2-4-13(11)14/h1-4,6,8-9,14,17H,5,7,10H2,(H,22,25)(H,23,24). The number of nitrogens with one attached hydrogen (secondary N) is 1. The summed E-state index contributed by atoms with van der Waals surface area (Å²) in [7, 11) is 0. The van der Waals surface area contributed by atoms with Gasteiger partial charge in [0.05, 0.1) is 23.4 Å². The van der Waals surface area contributed by atoms with Crippen LogP contribution in [0.15, 0.2) is 42.5 Å². The Morgan fingerprint density at radius 3 is 2.76 bits per heavy atom. The molecule has 130 valence electrons. The first-order valence-corrected chi connectivity index (χ1v) is 8.38. The molecule has 0 bridgehead atoms. The van der Waals surface area contributed by atoms with E-state index in [4.69, 9.17) is 16.7 Å². The Hall–Kier alpha value is -2.40. The predicted octanol–water partition coefficient (Wildman–Crippen LogP) is 3.84. The number of carbonyl (C=O) groups excluding carboxylic acids is 1. The number of halogens is 2. The van der Waals surface area contributed by atoms with Crippen LogP contribution >= 0.6 is 11.6 Å². The van der Waals surface area contributed by atoms with Crippen LogP contribution in [0.4, 0.5) is 4.39 Å². The zero-order chi connectivity index (χ0) is 18.0. The fourth-order valence-corrected chi connectivity index (χ4v) is 3.38. The third-order valence-corrected chi connectivity index (χ3v) is 4.80. The van der Waals surface area contributed by atoms with Crippen LogP contribution in [0.5, 0.6) is 0 Å². The van der Waals surface area contributed by atoms with E-state index in [2.05, 4.69) is 5.32 Å². The van der Waals surface area contributed by atoms with Gasteiger partial charge in [-0.05, 0) is 41.7 Å². The van der Waals surface area contributed by atoms with Crippen molar-refractivity contribution in [2.75, 3.05) is 0 Å². The second kappa shape index (κ2) is 7.23. The number of hydrogen-bond donors (Lipinski definition) is 2. The van der Waals surface area contributed by atoms with E-state index in [9.17, 15) is 14.0 Å². The largest absolute Gasteiger partial charge is 0.481 e. The summed E-state index contributed by atoms with van der Waals surface area (Å²) < 4.78 is 13.7. The second-order valence-electron chi connectivity index (χ2n) is 6.12. The van der Waals surface area contributed by atoms with Gasteiger partial charge < -0.3 is 10.4 Å². The lowest BCUT2D eigenvalue weighted by Crippen LogP contribution is -2.33. The molecule has 3 rings (SSSR count). The first kappa shape index (κ1) is 17.4. The Kier molecular flexibility index (Phi) is 5.04. The van der Waals surface area contributed by atoms with Crippen molar-refractivity contribution in [2.45, 2.75) is 31.2 Å². The van der Waals surface area contributed by atoms with E-state index < -0.39 is 17.8 Å². The quantitative estimate of drug-likeness (QED) is 0.850. The summed E-state index contributed by atoms with van der Waals surface area (Å²) in [6, 6.07) is 11.0. The van der Waals surface area contributed by atoms with Crippen molar-refractivity contribution >= 4 is 23.5 Å². The molecule has 2 N–H and O–H groups in total. The summed E-state index contributed by atoms with van der Waals surface area (Å²) in [5.74, 6) is -2.28. The van der Waals surface area contributed by atoms with Crippen LogP contribution in [0.2, 0.25) is 5.02 Å². The maximum atomic E-state index is 13.7. The molecule has 25 heavy (non-hydrogen) atoms. The topological polar surface area (TPSA) is 66.4 Å². The third kappa shape index (κ3) is 3.82. The lowest BCUT2D eigenvalue weighted by atomic mass is 9.98. The van der Waals surface area contributed by atoms with Gasteiger partial charge in [0.25, 0.3) is 0 Å². The van der Waals surface area contributed by atoms with E-state index in [1.807, 2.05) is 24.3 Å². The van der Waals surface area contributed by atoms with E-state index in [-0.39, 0.29) is 23.3 Å². The van der Waals surface area contributed by atoms with Gasteiger partial charge in [-0.25, -0.2) is 4.39 Å². The smallest absolute Gasteiger partial charge is 0.305 e. The Morgan fingerprint density at radius 2 is 2.04 bits per heavy atom. The molecule has 2 aromatic carbocycles. The highest BCUT2D eigenvalue weighted by Gasteiger charge is 2.30. The number of carboxylic acid groups (broad SMARTS) is 1. The minimum Gasteiger partial charge on any atom is -0.481 e. The molecule has 6 heteroatoms. The molecule has 0 spiro atoms. The van der Waals surface area contributed by atoms with Gasteiger partial charge in [0.1, 0.15) is 5.82 Å². The van der Waals surface area contributed by atoms with Crippen molar-refractivity contribution in [1.82, 2.24) is 5.32 Å². The summed E-state index contributed by atoms with van der Waals surface area (Å²) in [5.41, 5.74) is 2.48. The normalized spacial score (nSPS) is 17.0. The molecular formula is C19H17ClFNO3. The van der Waals surface area contributed by atoms with Crippen LogP contribution in [0.25, 0.3) is 0 Å². The van der Waals surface area contributed by atoms with Gasteiger partial charge in [0.15, 0.2) is 0 Å². The number of aryl methyl sites for hydroxylation is 1. The summed E-state index contributed by atoms with van der Waals surface area (Å²) in [6.45, 7) is 0. The van der Waals surface area contributed by atoms with Crippen molar-refractivity contribution in [1.29, 1.82) is 0 Å². The zero-order valence-electron chi connectivity index (χ0n) is 13.3. The monoisotopic (exact) mass is 361 g/mol. The molecule has 0 radical (unpaired) electrons. The highest BCUT2D eigenvalue weighted by molar-refractivity contribution is 6.30. The molecule has 2 unspecified atom stereocenters. The summed E-state index contributed by atoms with van der Waals surface area (Å²) in [6.07, 6.45) is 1.16. The van der Waals surface area contributed by atoms with E-state index in [0.717, 1.165) is 17.5 Å². The summed E-state index contributed by atoms with van der Waals surface area (Å²) in [4.78, 5) is 23.9. The maximum absolute atomic E-state index is 13.7. The predicted molar refractivity (Wildman–Crippen MR) is 92.1 cm³/mol. The highest BCUT2D eigenvalue weighted by Crippen LogP contribution is 2.34. The van der Waals surface area contributed by atoms with Crippen molar-refractivity contribution < 1.29 is 19.1 Å². The number of carbonyl (C=O) groups is 2. The van der Waals surface area contributed by atoms with Crippen LogP contribution in [0.1, 0.15) is 41.5 Å². The molecular weight excluding hydrogens is 345 g/mol. The summed E-state index contributed by atoms with van der Waals surface area (Å²) in [5, 5.41) is 11.9. The van der Waals surface area contributed by atoms with Gasteiger partial charge in [0.2, 0.25) is 5.91 Å². The number of carboxylic acids is 1. The first-order valence-electron chi connectivity index (χ1n) is 8.00. The molecule has 0 saturated heterocycles. The molecule has 0 fully saturated rings. The first-order chi connectivity index (χ1) is 12.0. The minimum atomic E-state index is -1.08. The Balaban J connectivity index is 1.82. The minimum absolute atomic E-state index is 0.0473. The molecule has 1 aliphatic rings. The van der Waals surface area contributed by atoms with Crippen molar-refractivity contribution in [3.05, 3.63) is 70.0 Å². The number of rotatable bonds is 5. The average molecular weight is 362 g/mol. The third-order valence-electron chi connectivity index (χ3n) is 4.49. The molecule has 0 saturated carbocycles. The van der Waals surface area contributed by atoms with Crippen LogP contribution < -0.4 is 5.32 Å². The van der Waals surface area contributed by atoms with Crippen molar-refractivity contribution in [3.8, 4) is 0 Å². The number of benzene rings is 2. The SMILES string of the molecule is O=C(O)CC(NC(=O)C1CCc2ccccc21)c1ccc(Cl)c(F)c1. The fourth-order valence-electron chi connectivity index (χ4n) is 3.26. The fraction of sp³-hybridized carbons (Fsp3) is 0.263. The molecule has 0 aromatic heterocycles. The van der Waals surface area contributed by atoms with Gasteiger partial charge in [-0.1, -0.05) is 41.9 Å². The second-order valence-corrected chi connectivity index (χ2v) is 6.53.